The number of hydrogen-bond donors (Lipinski definition) is 2. The summed E-state index contributed by atoms with van der Waals surface area (Å²) in [6, 6.07) is 7.15. The van der Waals surface area contributed by atoms with Crippen molar-refractivity contribution in [3.8, 4) is 0 Å². The molecule has 15 heavy (non-hydrogen) atoms. The lowest BCUT2D eigenvalue weighted by molar-refractivity contribution is 0.0201. The van der Waals surface area contributed by atoms with Gasteiger partial charge in [-0.05, 0) is 19.4 Å². The predicted octanol–water partition coefficient (Wildman–Crippen LogP) is 1.45. The van der Waals surface area contributed by atoms with Crippen LogP contribution in [0.25, 0.3) is 0 Å². The smallest absolute Gasteiger partial charge is 0.150 e. The van der Waals surface area contributed by atoms with Crippen LogP contribution in [0.15, 0.2) is 24.3 Å². The maximum Gasteiger partial charge on any atom is 0.150 e. The molecule has 0 bridgehead atoms. The van der Waals surface area contributed by atoms with E-state index >= 15 is 0 Å². The number of nitrogens with one attached hydrogen (secondary N) is 1. The third-order valence-corrected chi connectivity index (χ3v) is 2.67. The number of aliphatic hydroxyl groups is 1. The largest absolute Gasteiger partial charge is 0.372 e. The van der Waals surface area contributed by atoms with Crippen molar-refractivity contribution in [2.75, 3.05) is 6.54 Å². The van der Waals surface area contributed by atoms with E-state index < -0.39 is 5.72 Å². The Morgan fingerprint density at radius 3 is 2.73 bits per heavy atom. The molecule has 3 nitrogen and oxygen atoms in total. The lowest BCUT2D eigenvalue weighted by Crippen LogP contribution is -2.37. The highest BCUT2D eigenvalue weighted by molar-refractivity contribution is 5.85. The first-order valence-corrected chi connectivity index (χ1v) is 4.78. The van der Waals surface area contributed by atoms with Gasteiger partial charge in [-0.25, -0.2) is 0 Å². The standard InChI is InChI=1S/C11H13NO2.ClH/c13-8-9-4-1-2-5-10(9)11(14)6-3-7-12-11;/h1-2,4-5,8,12,14H,3,6-7H2;1H/t11-;/m0./s1. The van der Waals surface area contributed by atoms with Crippen molar-refractivity contribution in [1.82, 2.24) is 5.32 Å². The molecule has 1 fully saturated rings. The Morgan fingerprint density at radius 2 is 2.13 bits per heavy atom. The fraction of sp³-hybridized carbons (Fsp3) is 0.364. The Bertz CT molecular complexity index is 348. The zero-order chi connectivity index (χ0) is 10.0. The van der Waals surface area contributed by atoms with Gasteiger partial charge in [0.2, 0.25) is 0 Å². The van der Waals surface area contributed by atoms with Crippen molar-refractivity contribution in [1.29, 1.82) is 0 Å². The van der Waals surface area contributed by atoms with E-state index in [-0.39, 0.29) is 12.4 Å². The number of rotatable bonds is 2. The lowest BCUT2D eigenvalue weighted by atomic mass is 9.96. The second-order valence-electron chi connectivity index (χ2n) is 3.60. The quantitative estimate of drug-likeness (QED) is 0.752. The van der Waals surface area contributed by atoms with E-state index in [2.05, 4.69) is 5.32 Å². The average molecular weight is 228 g/mol. The van der Waals surface area contributed by atoms with Crippen molar-refractivity contribution in [3.05, 3.63) is 35.4 Å². The molecule has 82 valence electrons. The van der Waals surface area contributed by atoms with Crippen molar-refractivity contribution < 1.29 is 9.90 Å². The molecule has 1 aliphatic heterocycles. The molecule has 0 radical (unpaired) electrons. The number of carbonyl (C=O) groups is 1. The molecule has 4 heteroatoms. The van der Waals surface area contributed by atoms with Crippen LogP contribution in [0.2, 0.25) is 0 Å². The van der Waals surface area contributed by atoms with Crippen molar-refractivity contribution in [2.45, 2.75) is 18.6 Å². The van der Waals surface area contributed by atoms with Crippen LogP contribution in [0.3, 0.4) is 0 Å². The zero-order valence-electron chi connectivity index (χ0n) is 8.27. The predicted molar refractivity (Wildman–Crippen MR) is 60.2 cm³/mol. The Kier molecular flexibility index (Phi) is 3.85. The molecule has 1 aromatic carbocycles. The third kappa shape index (κ3) is 2.20. The van der Waals surface area contributed by atoms with Crippen LogP contribution in [0.1, 0.15) is 28.8 Å². The Labute approximate surface area is 94.9 Å². The monoisotopic (exact) mass is 227 g/mol. The minimum atomic E-state index is -1.00. The highest BCUT2D eigenvalue weighted by Gasteiger charge is 2.33. The van der Waals surface area contributed by atoms with Crippen LogP contribution >= 0.6 is 12.4 Å². The number of benzene rings is 1. The van der Waals surface area contributed by atoms with Gasteiger partial charge in [-0.2, -0.15) is 0 Å². The molecular weight excluding hydrogens is 214 g/mol. The van der Waals surface area contributed by atoms with E-state index in [9.17, 15) is 9.90 Å². The molecule has 1 saturated heterocycles. The molecule has 2 N–H and O–H groups in total. The molecule has 0 aliphatic carbocycles. The van der Waals surface area contributed by atoms with Crippen molar-refractivity contribution in [3.63, 3.8) is 0 Å². The summed E-state index contributed by atoms with van der Waals surface area (Å²) in [4.78, 5) is 10.8. The first-order valence-electron chi connectivity index (χ1n) is 4.78. The lowest BCUT2D eigenvalue weighted by Gasteiger charge is -2.24. The van der Waals surface area contributed by atoms with Crippen LogP contribution in [-0.2, 0) is 5.72 Å². The minimum absolute atomic E-state index is 0. The van der Waals surface area contributed by atoms with Gasteiger partial charge in [-0.15, -0.1) is 12.4 Å². The highest BCUT2D eigenvalue weighted by Crippen LogP contribution is 2.29. The fourth-order valence-corrected chi connectivity index (χ4v) is 1.93. The fourth-order valence-electron chi connectivity index (χ4n) is 1.93. The summed E-state index contributed by atoms with van der Waals surface area (Å²) in [5.74, 6) is 0. The van der Waals surface area contributed by atoms with Gasteiger partial charge in [-0.3, -0.25) is 10.1 Å². The first kappa shape index (κ1) is 12.2. The zero-order valence-corrected chi connectivity index (χ0v) is 9.09. The van der Waals surface area contributed by atoms with E-state index in [0.29, 0.717) is 17.5 Å². The highest BCUT2D eigenvalue weighted by atomic mass is 35.5. The van der Waals surface area contributed by atoms with Crippen molar-refractivity contribution >= 4 is 18.7 Å². The molecule has 0 saturated carbocycles. The summed E-state index contributed by atoms with van der Waals surface area (Å²) in [5, 5.41) is 13.2. The van der Waals surface area contributed by atoms with Gasteiger partial charge in [0.15, 0.2) is 0 Å². The summed E-state index contributed by atoms with van der Waals surface area (Å²) >= 11 is 0. The van der Waals surface area contributed by atoms with Gasteiger partial charge >= 0.3 is 0 Å². The normalized spacial score (nSPS) is 24.6. The molecular formula is C11H14ClNO2. The molecule has 1 aromatic rings. The summed E-state index contributed by atoms with van der Waals surface area (Å²) in [7, 11) is 0. The van der Waals surface area contributed by atoms with E-state index in [0.717, 1.165) is 19.3 Å². The van der Waals surface area contributed by atoms with Crippen molar-refractivity contribution in [2.24, 2.45) is 0 Å². The minimum Gasteiger partial charge on any atom is -0.372 e. The maximum atomic E-state index is 10.8. The topological polar surface area (TPSA) is 49.3 Å². The van der Waals surface area contributed by atoms with Crippen LogP contribution in [0, 0.1) is 0 Å². The summed E-state index contributed by atoms with van der Waals surface area (Å²) < 4.78 is 0. The van der Waals surface area contributed by atoms with Gasteiger partial charge in [0, 0.05) is 11.1 Å². The maximum absolute atomic E-state index is 10.8. The van der Waals surface area contributed by atoms with E-state index in [1.807, 2.05) is 6.07 Å². The number of aldehydes is 1. The molecule has 0 aromatic heterocycles. The Morgan fingerprint density at radius 1 is 1.40 bits per heavy atom. The third-order valence-electron chi connectivity index (χ3n) is 2.67. The van der Waals surface area contributed by atoms with Crippen LogP contribution in [-0.4, -0.2) is 17.9 Å². The Hall–Kier alpha value is -0.900. The number of hydrogen-bond acceptors (Lipinski definition) is 3. The van der Waals surface area contributed by atoms with Gasteiger partial charge in [0.1, 0.15) is 12.0 Å². The van der Waals surface area contributed by atoms with Gasteiger partial charge in [0.25, 0.3) is 0 Å². The van der Waals surface area contributed by atoms with E-state index in [1.54, 1.807) is 18.2 Å². The van der Waals surface area contributed by atoms with Crippen LogP contribution in [0.4, 0.5) is 0 Å². The van der Waals surface area contributed by atoms with Gasteiger partial charge < -0.3 is 5.11 Å². The molecule has 1 aliphatic rings. The second-order valence-corrected chi connectivity index (χ2v) is 3.60. The molecule has 0 unspecified atom stereocenters. The average Bonchev–Trinajstić information content (AvgIpc) is 2.66. The van der Waals surface area contributed by atoms with Gasteiger partial charge in [0.05, 0.1) is 0 Å². The van der Waals surface area contributed by atoms with E-state index in [4.69, 9.17) is 0 Å². The molecule has 1 atom stereocenters. The SMILES string of the molecule is Cl.O=Cc1ccccc1[C@@]1(O)CCCN1. The summed E-state index contributed by atoms with van der Waals surface area (Å²) in [6.07, 6.45) is 2.38. The Balaban J connectivity index is 0.00000112. The molecule has 0 spiro atoms. The van der Waals surface area contributed by atoms with E-state index in [1.165, 1.54) is 0 Å². The molecule has 0 amide bonds. The molecule has 1 heterocycles. The number of halogens is 1. The summed E-state index contributed by atoms with van der Waals surface area (Å²) in [6.45, 7) is 0.795. The summed E-state index contributed by atoms with van der Waals surface area (Å²) in [5.41, 5.74) is 0.245. The van der Waals surface area contributed by atoms with Crippen LogP contribution < -0.4 is 5.32 Å². The molecule has 2 rings (SSSR count). The van der Waals surface area contributed by atoms with Crippen LogP contribution in [0.5, 0.6) is 0 Å². The first-order chi connectivity index (χ1) is 6.76. The second kappa shape index (κ2) is 4.75. The number of carbonyl (C=O) groups excluding carboxylic acids is 1. The van der Waals surface area contributed by atoms with Gasteiger partial charge in [-0.1, -0.05) is 24.3 Å².